The van der Waals surface area contributed by atoms with Crippen LogP contribution in [0.1, 0.15) is 5.56 Å². The van der Waals surface area contributed by atoms with Crippen molar-refractivity contribution in [2.45, 2.75) is 6.54 Å². The summed E-state index contributed by atoms with van der Waals surface area (Å²) in [7, 11) is 0. The Morgan fingerprint density at radius 2 is 0.789 bits per heavy atom. The van der Waals surface area contributed by atoms with Crippen LogP contribution in [0, 0.1) is 0 Å². The Morgan fingerprint density at radius 1 is 0.421 bits per heavy atom. The first-order valence-corrected chi connectivity index (χ1v) is 13.2. The summed E-state index contributed by atoms with van der Waals surface area (Å²) in [5.41, 5.74) is 10.7. The second-order valence-electron chi connectivity index (χ2n) is 9.35. The maximum atomic E-state index is 6.27. The molecular weight excluding hydrogens is 482 g/mol. The Bertz CT molecular complexity index is 1540. The van der Waals surface area contributed by atoms with Crippen molar-refractivity contribution in [3.05, 3.63) is 162 Å². The third-order valence-electron chi connectivity index (χ3n) is 6.86. The van der Waals surface area contributed by atoms with Gasteiger partial charge < -0.3 is 0 Å². The molecule has 6 aromatic rings. The average Bonchev–Trinajstić information content (AvgIpc) is 2.99. The molecule has 0 aliphatic rings. The minimum Gasteiger partial charge on any atom is -0.186 e. The average molecular weight is 509 g/mol. The molecule has 0 radical (unpaired) electrons. The van der Waals surface area contributed by atoms with Gasteiger partial charge in [0.05, 0.1) is 11.1 Å². The van der Waals surface area contributed by atoms with Gasteiger partial charge in [-0.25, -0.2) is 0 Å². The number of hydrogen-bond acceptors (Lipinski definition) is 0. The Labute approximate surface area is 229 Å². The van der Waals surface area contributed by atoms with Gasteiger partial charge in [0.2, 0.25) is 11.4 Å². The van der Waals surface area contributed by atoms with Gasteiger partial charge in [-0.15, -0.1) is 0 Å². The molecule has 0 unspecified atom stereocenters. The maximum absolute atomic E-state index is 6.27. The quantitative estimate of drug-likeness (QED) is 0.197. The molecule has 1 aromatic heterocycles. The highest BCUT2D eigenvalue weighted by Crippen LogP contribution is 2.38. The summed E-state index contributed by atoms with van der Waals surface area (Å²) in [6.45, 7) is 0.701. The van der Waals surface area contributed by atoms with Gasteiger partial charge in [-0.3, -0.25) is 0 Å². The smallest absolute Gasteiger partial charge is 0.186 e. The van der Waals surface area contributed by atoms with Crippen LogP contribution in [0.5, 0.6) is 0 Å². The molecule has 1 nitrogen and oxygen atoms in total. The van der Waals surface area contributed by atoms with Crippen molar-refractivity contribution in [2.24, 2.45) is 0 Å². The largest absolute Gasteiger partial charge is 0.221 e. The fraction of sp³-hybridized carbons (Fsp3) is 0.0278. The van der Waals surface area contributed by atoms with Gasteiger partial charge >= 0.3 is 0 Å². The van der Waals surface area contributed by atoms with E-state index in [1.165, 1.54) is 50.3 Å². The van der Waals surface area contributed by atoms with Gasteiger partial charge in [0, 0.05) is 21.7 Å². The van der Waals surface area contributed by atoms with E-state index in [0.717, 1.165) is 5.02 Å². The molecule has 0 N–H and O–H groups in total. The van der Waals surface area contributed by atoms with Crippen molar-refractivity contribution in [2.75, 3.05) is 0 Å². The molecule has 0 amide bonds. The van der Waals surface area contributed by atoms with Gasteiger partial charge in [0.1, 0.15) is 0 Å². The number of rotatable bonds is 6. The fourth-order valence-electron chi connectivity index (χ4n) is 5.10. The Kier molecular flexibility index (Phi) is 6.85. The van der Waals surface area contributed by atoms with Crippen molar-refractivity contribution >= 4 is 11.6 Å². The minimum absolute atomic E-state index is 0.701. The molecule has 38 heavy (non-hydrogen) atoms. The molecule has 0 aliphatic carbocycles. The molecule has 6 rings (SSSR count). The summed E-state index contributed by atoms with van der Waals surface area (Å²) in [5, 5.41) is 0.744. The summed E-state index contributed by atoms with van der Waals surface area (Å²) < 4.78 is 2.48. The van der Waals surface area contributed by atoms with Gasteiger partial charge in [-0.2, -0.15) is 4.57 Å². The molecule has 0 fully saturated rings. The topological polar surface area (TPSA) is 3.88 Å². The van der Waals surface area contributed by atoms with Crippen LogP contribution < -0.4 is 4.57 Å². The van der Waals surface area contributed by atoms with Crippen LogP contribution in [0.15, 0.2) is 152 Å². The molecule has 0 bridgehead atoms. The lowest BCUT2D eigenvalue weighted by atomic mass is 9.90. The molecule has 0 atom stereocenters. The van der Waals surface area contributed by atoms with Crippen LogP contribution in [0.2, 0.25) is 5.02 Å². The highest BCUT2D eigenvalue weighted by atomic mass is 35.5. The third-order valence-corrected chi connectivity index (χ3v) is 7.11. The van der Waals surface area contributed by atoms with Gasteiger partial charge in [0.25, 0.3) is 0 Å². The summed E-state index contributed by atoms with van der Waals surface area (Å²) in [6.07, 6.45) is 0. The van der Waals surface area contributed by atoms with E-state index in [1.54, 1.807) is 0 Å². The molecule has 0 spiro atoms. The lowest BCUT2D eigenvalue weighted by Gasteiger charge is -2.18. The molecule has 0 saturated heterocycles. The summed E-state index contributed by atoms with van der Waals surface area (Å²) in [6, 6.07) is 53.4. The predicted molar refractivity (Wildman–Crippen MR) is 159 cm³/mol. The lowest BCUT2D eigenvalue weighted by molar-refractivity contribution is -0.665. The van der Waals surface area contributed by atoms with Crippen molar-refractivity contribution < 1.29 is 4.57 Å². The van der Waals surface area contributed by atoms with Crippen LogP contribution in [0.4, 0.5) is 0 Å². The molecule has 182 valence electrons. The first kappa shape index (κ1) is 23.9. The highest BCUT2D eigenvalue weighted by molar-refractivity contribution is 6.30. The van der Waals surface area contributed by atoms with Crippen molar-refractivity contribution in [3.63, 3.8) is 0 Å². The van der Waals surface area contributed by atoms with E-state index in [2.05, 4.69) is 144 Å². The van der Waals surface area contributed by atoms with Gasteiger partial charge in [-0.05, 0) is 53.6 Å². The standard InChI is InChI=1S/C36H27ClN/c37-32-23-21-27(22-24-32)26-38-35(30-17-9-3-10-18-30)33(28-13-5-1-6-14-28)25-34(29-15-7-2-8-16-29)36(38)31-19-11-4-12-20-31/h1-25H,26H2/q+1. The van der Waals surface area contributed by atoms with Gasteiger partial charge in [-0.1, -0.05) is 121 Å². The van der Waals surface area contributed by atoms with Crippen LogP contribution in [0.3, 0.4) is 0 Å². The number of halogens is 1. The normalized spacial score (nSPS) is 10.9. The van der Waals surface area contributed by atoms with Crippen molar-refractivity contribution in [3.8, 4) is 44.8 Å². The summed E-state index contributed by atoms with van der Waals surface area (Å²) in [5.74, 6) is 0. The first-order chi connectivity index (χ1) is 18.8. The van der Waals surface area contributed by atoms with E-state index in [-0.39, 0.29) is 0 Å². The molecule has 2 heteroatoms. The van der Waals surface area contributed by atoms with E-state index < -0.39 is 0 Å². The zero-order valence-electron chi connectivity index (χ0n) is 21.0. The number of aromatic nitrogens is 1. The van der Waals surface area contributed by atoms with Crippen LogP contribution in [-0.2, 0) is 6.54 Å². The van der Waals surface area contributed by atoms with Crippen molar-refractivity contribution in [1.82, 2.24) is 0 Å². The maximum Gasteiger partial charge on any atom is 0.221 e. The van der Waals surface area contributed by atoms with E-state index in [4.69, 9.17) is 11.6 Å². The molecular formula is C36H27ClN+. The molecule has 1 heterocycles. The van der Waals surface area contributed by atoms with Crippen LogP contribution in [0.25, 0.3) is 44.8 Å². The summed E-state index contributed by atoms with van der Waals surface area (Å²) in [4.78, 5) is 0. The highest BCUT2D eigenvalue weighted by Gasteiger charge is 2.29. The number of nitrogens with zero attached hydrogens (tertiary/aromatic N) is 1. The molecule has 0 aliphatic heterocycles. The zero-order valence-corrected chi connectivity index (χ0v) is 21.7. The Morgan fingerprint density at radius 3 is 1.18 bits per heavy atom. The number of pyridine rings is 1. The predicted octanol–water partition coefficient (Wildman–Crippen LogP) is 9.34. The van der Waals surface area contributed by atoms with E-state index in [9.17, 15) is 0 Å². The SMILES string of the molecule is Clc1ccc(C[n+]2c(-c3ccccc3)c(-c3ccccc3)cc(-c3ccccc3)c2-c2ccccc2)cc1. The fourth-order valence-corrected chi connectivity index (χ4v) is 5.23. The molecule has 5 aromatic carbocycles. The van der Waals surface area contributed by atoms with Crippen LogP contribution in [-0.4, -0.2) is 0 Å². The number of hydrogen-bond donors (Lipinski definition) is 0. The third kappa shape index (κ3) is 4.89. The van der Waals surface area contributed by atoms with Crippen molar-refractivity contribution in [1.29, 1.82) is 0 Å². The monoisotopic (exact) mass is 508 g/mol. The first-order valence-electron chi connectivity index (χ1n) is 12.8. The Balaban J connectivity index is 1.76. The Hall–Kier alpha value is -4.46. The second kappa shape index (κ2) is 10.9. The van der Waals surface area contributed by atoms with E-state index >= 15 is 0 Å². The molecule has 0 saturated carbocycles. The lowest BCUT2D eigenvalue weighted by Crippen LogP contribution is -2.40. The van der Waals surface area contributed by atoms with Gasteiger partial charge in [0.15, 0.2) is 6.54 Å². The summed E-state index contributed by atoms with van der Waals surface area (Å²) >= 11 is 6.27. The van der Waals surface area contributed by atoms with E-state index in [1.807, 2.05) is 12.1 Å². The minimum atomic E-state index is 0.701. The zero-order chi connectivity index (χ0) is 25.7. The number of benzene rings is 5. The van der Waals surface area contributed by atoms with E-state index in [0.29, 0.717) is 6.54 Å². The second-order valence-corrected chi connectivity index (χ2v) is 9.78. The van der Waals surface area contributed by atoms with Crippen LogP contribution >= 0.6 is 11.6 Å².